The minimum absolute atomic E-state index is 0.00217. The van der Waals surface area contributed by atoms with E-state index in [9.17, 15) is 4.79 Å². The van der Waals surface area contributed by atoms with Crippen LogP contribution < -0.4 is 10.1 Å². The van der Waals surface area contributed by atoms with E-state index in [1.54, 1.807) is 0 Å². The van der Waals surface area contributed by atoms with Gasteiger partial charge in [-0.2, -0.15) is 0 Å². The first-order valence-electron chi connectivity index (χ1n) is 11.9. The number of hydrogen-bond donors (Lipinski definition) is 1. The lowest BCUT2D eigenvalue weighted by atomic mass is 9.83. The largest absolute Gasteiger partial charge is 0.492 e. The maximum atomic E-state index is 13.0. The second-order valence-corrected chi connectivity index (χ2v) is 9.44. The number of hydrogen-bond acceptors (Lipinski definition) is 4. The summed E-state index contributed by atoms with van der Waals surface area (Å²) in [6, 6.07) is 7.73. The number of carbonyl (C=O) groups is 1. The van der Waals surface area contributed by atoms with Crippen molar-refractivity contribution in [3.8, 4) is 5.75 Å². The van der Waals surface area contributed by atoms with E-state index in [1.165, 1.54) is 25.9 Å². The third kappa shape index (κ3) is 6.45. The first kappa shape index (κ1) is 23.1. The highest BCUT2D eigenvalue weighted by Crippen LogP contribution is 2.33. The van der Waals surface area contributed by atoms with Gasteiger partial charge in [-0.25, -0.2) is 0 Å². The molecule has 1 saturated heterocycles. The van der Waals surface area contributed by atoms with Crippen molar-refractivity contribution in [2.45, 2.75) is 71.3 Å². The van der Waals surface area contributed by atoms with Gasteiger partial charge in [0.05, 0.1) is 0 Å². The molecule has 0 bridgehead atoms. The summed E-state index contributed by atoms with van der Waals surface area (Å²) in [5.41, 5.74) is 0.141. The van der Waals surface area contributed by atoms with E-state index in [-0.39, 0.29) is 5.91 Å². The molecule has 0 aromatic heterocycles. The fourth-order valence-corrected chi connectivity index (χ4v) is 5.00. The number of benzene rings is 1. The lowest BCUT2D eigenvalue weighted by Crippen LogP contribution is -2.47. The molecule has 3 rings (SSSR count). The van der Waals surface area contributed by atoms with E-state index in [0.717, 1.165) is 61.9 Å². The third-order valence-electron chi connectivity index (χ3n) is 6.39. The molecule has 2 fully saturated rings. The number of nitrogens with zero attached hydrogens (tertiary/aromatic N) is 1. The molecule has 1 aliphatic heterocycles. The predicted molar refractivity (Wildman–Crippen MR) is 122 cm³/mol. The zero-order valence-corrected chi connectivity index (χ0v) is 19.1. The van der Waals surface area contributed by atoms with Crippen LogP contribution in [0.15, 0.2) is 24.3 Å². The van der Waals surface area contributed by atoms with Crippen LogP contribution in [-0.4, -0.2) is 49.3 Å². The van der Waals surface area contributed by atoms with Crippen molar-refractivity contribution < 1.29 is 14.3 Å². The number of carbonyl (C=O) groups excluding carboxylic acids is 1. The second kappa shape index (κ2) is 11.1. The summed E-state index contributed by atoms with van der Waals surface area (Å²) in [6.45, 7) is 11.4. The Bertz CT molecular complexity index is 645. The summed E-state index contributed by atoms with van der Waals surface area (Å²) in [5, 5.41) is 3.08. The minimum atomic E-state index is -0.661. The molecule has 5 nitrogen and oxygen atoms in total. The highest BCUT2D eigenvalue weighted by molar-refractivity contribution is 5.97. The number of likely N-dealkylation sites (tertiary alicyclic amines) is 1. The van der Waals surface area contributed by atoms with Crippen molar-refractivity contribution in [2.24, 2.45) is 11.8 Å². The molecular formula is C25H40N2O3. The van der Waals surface area contributed by atoms with E-state index >= 15 is 0 Å². The third-order valence-corrected chi connectivity index (χ3v) is 6.39. The lowest BCUT2D eigenvalue weighted by molar-refractivity contribution is -0.146. The number of ether oxygens (including phenoxy) is 2. The highest BCUT2D eigenvalue weighted by atomic mass is 16.5. The average molecular weight is 417 g/mol. The summed E-state index contributed by atoms with van der Waals surface area (Å²) in [4.78, 5) is 15.5. The molecule has 1 aromatic carbocycles. The van der Waals surface area contributed by atoms with E-state index in [1.807, 2.05) is 24.3 Å². The molecule has 0 spiro atoms. The molecule has 1 amide bonds. The van der Waals surface area contributed by atoms with Crippen LogP contribution in [0, 0.1) is 11.8 Å². The van der Waals surface area contributed by atoms with Gasteiger partial charge in [-0.1, -0.05) is 40.0 Å². The molecule has 1 aliphatic carbocycles. The number of rotatable bonds is 9. The van der Waals surface area contributed by atoms with Crippen LogP contribution in [0.25, 0.3) is 0 Å². The van der Waals surface area contributed by atoms with Crippen LogP contribution in [0.1, 0.15) is 65.7 Å². The van der Waals surface area contributed by atoms with Crippen molar-refractivity contribution in [1.29, 1.82) is 0 Å². The summed E-state index contributed by atoms with van der Waals surface area (Å²) in [6.07, 6.45) is 7.18. The van der Waals surface area contributed by atoms with Crippen LogP contribution in [0.5, 0.6) is 5.75 Å². The minimum Gasteiger partial charge on any atom is -0.492 e. The predicted octanol–water partition coefficient (Wildman–Crippen LogP) is 5.11. The Morgan fingerprint density at radius 1 is 1.07 bits per heavy atom. The molecule has 1 N–H and O–H groups in total. The topological polar surface area (TPSA) is 50.8 Å². The Morgan fingerprint density at radius 2 is 1.73 bits per heavy atom. The van der Waals surface area contributed by atoms with Crippen LogP contribution in [0.3, 0.4) is 0 Å². The Hall–Kier alpha value is -1.59. The van der Waals surface area contributed by atoms with Gasteiger partial charge >= 0.3 is 0 Å². The molecule has 5 heteroatoms. The first-order valence-corrected chi connectivity index (χ1v) is 11.9. The summed E-state index contributed by atoms with van der Waals surface area (Å²) >= 11 is 0. The zero-order chi connectivity index (χ0) is 21.4. The van der Waals surface area contributed by atoms with E-state index in [0.29, 0.717) is 13.2 Å². The summed E-state index contributed by atoms with van der Waals surface area (Å²) < 4.78 is 12.0. The molecule has 1 saturated carbocycles. The standard InChI is InChI=1S/C25H40N2O3/c1-4-15-30-25(12-6-5-7-13-25)24(28)26-22-8-10-23(11-9-22)29-16-14-27-18-20(2)17-21(3)19-27/h8-11,20-21H,4-7,12-19H2,1-3H3,(H,26,28)/t20-,21+. The van der Waals surface area contributed by atoms with Gasteiger partial charge < -0.3 is 14.8 Å². The van der Waals surface area contributed by atoms with Crippen LogP contribution >= 0.6 is 0 Å². The van der Waals surface area contributed by atoms with Gasteiger partial charge in [0.25, 0.3) is 5.91 Å². The van der Waals surface area contributed by atoms with E-state index in [4.69, 9.17) is 9.47 Å². The maximum absolute atomic E-state index is 13.0. The Labute approximate surface area is 182 Å². The fourth-order valence-electron chi connectivity index (χ4n) is 5.00. The molecule has 0 unspecified atom stereocenters. The molecule has 1 aromatic rings. The van der Waals surface area contributed by atoms with E-state index in [2.05, 4.69) is 31.0 Å². The molecular weight excluding hydrogens is 376 g/mol. The van der Waals surface area contributed by atoms with Gasteiger partial charge in [0.2, 0.25) is 0 Å². The van der Waals surface area contributed by atoms with Crippen molar-refractivity contribution in [1.82, 2.24) is 4.90 Å². The molecule has 0 radical (unpaired) electrons. The van der Waals surface area contributed by atoms with Gasteiger partial charge in [-0.3, -0.25) is 9.69 Å². The monoisotopic (exact) mass is 416 g/mol. The van der Waals surface area contributed by atoms with Gasteiger partial charge in [0.1, 0.15) is 18.0 Å². The molecule has 1 heterocycles. The lowest BCUT2D eigenvalue weighted by Gasteiger charge is -2.35. The van der Waals surface area contributed by atoms with Gasteiger partial charge in [0, 0.05) is 31.9 Å². The molecule has 30 heavy (non-hydrogen) atoms. The quantitative estimate of drug-likeness (QED) is 0.608. The molecule has 2 aliphatic rings. The highest BCUT2D eigenvalue weighted by Gasteiger charge is 2.40. The van der Waals surface area contributed by atoms with Gasteiger partial charge in [0.15, 0.2) is 0 Å². The van der Waals surface area contributed by atoms with Crippen molar-refractivity contribution in [3.63, 3.8) is 0 Å². The van der Waals surface area contributed by atoms with Crippen LogP contribution in [-0.2, 0) is 9.53 Å². The Morgan fingerprint density at radius 3 is 2.37 bits per heavy atom. The van der Waals surface area contributed by atoms with Crippen LogP contribution in [0.4, 0.5) is 5.69 Å². The molecule has 168 valence electrons. The maximum Gasteiger partial charge on any atom is 0.256 e. The number of amides is 1. The summed E-state index contributed by atoms with van der Waals surface area (Å²) in [5.74, 6) is 2.38. The first-order chi connectivity index (χ1) is 14.5. The van der Waals surface area contributed by atoms with Crippen LogP contribution in [0.2, 0.25) is 0 Å². The number of nitrogens with one attached hydrogen (secondary N) is 1. The second-order valence-electron chi connectivity index (χ2n) is 9.44. The van der Waals surface area contributed by atoms with Gasteiger partial charge in [-0.05, 0) is 61.8 Å². The van der Waals surface area contributed by atoms with Crippen molar-refractivity contribution in [3.05, 3.63) is 24.3 Å². The normalized spacial score (nSPS) is 24.4. The zero-order valence-electron chi connectivity index (χ0n) is 19.1. The smallest absolute Gasteiger partial charge is 0.256 e. The van der Waals surface area contributed by atoms with Crippen molar-refractivity contribution >= 4 is 11.6 Å². The number of piperidine rings is 1. The van der Waals surface area contributed by atoms with E-state index < -0.39 is 5.60 Å². The molecule has 2 atom stereocenters. The Balaban J connectivity index is 1.48. The fraction of sp³-hybridized carbons (Fsp3) is 0.720. The number of anilines is 1. The SMILES string of the molecule is CCCOC1(C(=O)Nc2ccc(OCCN3C[C@H](C)C[C@H](C)C3)cc2)CCCCC1. The summed E-state index contributed by atoms with van der Waals surface area (Å²) in [7, 11) is 0. The Kier molecular flexibility index (Phi) is 8.58. The van der Waals surface area contributed by atoms with Crippen molar-refractivity contribution in [2.75, 3.05) is 38.2 Å². The van der Waals surface area contributed by atoms with Gasteiger partial charge in [-0.15, -0.1) is 0 Å². The average Bonchev–Trinajstić information content (AvgIpc) is 2.73.